The molecule has 2 aromatic rings. The lowest BCUT2D eigenvalue weighted by Crippen LogP contribution is -2.20. The Kier molecular flexibility index (Phi) is 5.55. The molecule has 2 rings (SSSR count). The van der Waals surface area contributed by atoms with E-state index in [4.69, 9.17) is 16.3 Å². The number of amides is 1. The third kappa shape index (κ3) is 3.86. The molecule has 114 valence electrons. The molecule has 22 heavy (non-hydrogen) atoms. The highest BCUT2D eigenvalue weighted by atomic mass is 35.5. The summed E-state index contributed by atoms with van der Waals surface area (Å²) in [5.74, 6) is 0.206. The van der Waals surface area contributed by atoms with Crippen LogP contribution in [0.1, 0.15) is 29.3 Å². The van der Waals surface area contributed by atoms with Crippen LogP contribution in [0.3, 0.4) is 0 Å². The summed E-state index contributed by atoms with van der Waals surface area (Å²) in [5, 5.41) is 4.88. The second-order valence-electron chi connectivity index (χ2n) is 4.56. The maximum absolute atomic E-state index is 12.2. The fourth-order valence-electron chi connectivity index (χ4n) is 2.00. The second-order valence-corrected chi connectivity index (χ2v) is 5.00. The molecular weight excluding hydrogens is 300 g/mol. The van der Waals surface area contributed by atoms with Crippen molar-refractivity contribution in [2.75, 3.05) is 7.11 Å². The van der Waals surface area contributed by atoms with Gasteiger partial charge in [0, 0.05) is 5.02 Å². The summed E-state index contributed by atoms with van der Waals surface area (Å²) in [7, 11) is 1.53. The molecule has 0 bridgehead atoms. The van der Waals surface area contributed by atoms with Gasteiger partial charge in [0.15, 0.2) is 0 Å². The molecule has 0 radical (unpaired) electrons. The number of hydrazone groups is 1. The van der Waals surface area contributed by atoms with Crippen molar-refractivity contribution in [1.29, 1.82) is 0 Å². The van der Waals surface area contributed by atoms with E-state index in [2.05, 4.69) is 10.5 Å². The molecule has 0 saturated heterocycles. The number of nitrogens with zero attached hydrogens (tertiary/aromatic N) is 1. The van der Waals surface area contributed by atoms with E-state index in [1.165, 1.54) is 7.11 Å². The molecule has 2 aromatic carbocycles. The van der Waals surface area contributed by atoms with Gasteiger partial charge >= 0.3 is 0 Å². The number of nitrogens with one attached hydrogen (secondary N) is 1. The molecule has 0 heterocycles. The van der Waals surface area contributed by atoms with Crippen LogP contribution in [0.4, 0.5) is 0 Å². The van der Waals surface area contributed by atoms with Crippen LogP contribution in [0.5, 0.6) is 5.75 Å². The predicted molar refractivity (Wildman–Crippen MR) is 88.7 cm³/mol. The van der Waals surface area contributed by atoms with Crippen molar-refractivity contribution in [2.45, 2.75) is 13.3 Å². The minimum Gasteiger partial charge on any atom is -0.496 e. The average Bonchev–Trinajstić information content (AvgIpc) is 2.56. The van der Waals surface area contributed by atoms with Gasteiger partial charge in [-0.15, -0.1) is 0 Å². The smallest absolute Gasteiger partial charge is 0.275 e. The van der Waals surface area contributed by atoms with Gasteiger partial charge in [0.25, 0.3) is 5.91 Å². The largest absolute Gasteiger partial charge is 0.496 e. The van der Waals surface area contributed by atoms with Crippen LogP contribution in [0, 0.1) is 0 Å². The molecule has 1 amide bonds. The molecule has 5 heteroatoms. The van der Waals surface area contributed by atoms with Crippen LogP contribution in [0.2, 0.25) is 5.02 Å². The van der Waals surface area contributed by atoms with Crippen molar-refractivity contribution < 1.29 is 9.53 Å². The minimum absolute atomic E-state index is 0.308. The van der Waals surface area contributed by atoms with Crippen LogP contribution in [0.15, 0.2) is 53.6 Å². The number of para-hydroxylation sites is 1. The van der Waals surface area contributed by atoms with Crippen molar-refractivity contribution >= 4 is 23.2 Å². The summed E-state index contributed by atoms with van der Waals surface area (Å²) in [6, 6.07) is 14.4. The molecule has 0 saturated carbocycles. The van der Waals surface area contributed by atoms with Gasteiger partial charge in [-0.1, -0.05) is 42.8 Å². The van der Waals surface area contributed by atoms with E-state index < -0.39 is 0 Å². The minimum atomic E-state index is -0.308. The molecule has 0 aliphatic heterocycles. The van der Waals surface area contributed by atoms with Gasteiger partial charge in [0.2, 0.25) is 0 Å². The predicted octanol–water partition coefficient (Wildman–Crippen LogP) is 3.89. The number of hydrogen-bond acceptors (Lipinski definition) is 3. The highest BCUT2D eigenvalue weighted by molar-refractivity contribution is 6.30. The number of carbonyl (C=O) groups excluding carboxylic acids is 1. The Morgan fingerprint density at radius 3 is 2.50 bits per heavy atom. The molecule has 0 unspecified atom stereocenters. The van der Waals surface area contributed by atoms with Gasteiger partial charge in [-0.3, -0.25) is 4.79 Å². The molecule has 0 aromatic heterocycles. The maximum atomic E-state index is 12.2. The van der Waals surface area contributed by atoms with Crippen molar-refractivity contribution in [3.8, 4) is 5.75 Å². The number of benzene rings is 2. The van der Waals surface area contributed by atoms with Gasteiger partial charge in [0.1, 0.15) is 5.75 Å². The molecule has 0 atom stereocenters. The first-order chi connectivity index (χ1) is 10.7. The van der Waals surface area contributed by atoms with Crippen LogP contribution in [0.25, 0.3) is 0 Å². The van der Waals surface area contributed by atoms with E-state index in [1.54, 1.807) is 30.3 Å². The normalized spacial score (nSPS) is 11.1. The molecule has 1 N–H and O–H groups in total. The average molecular weight is 317 g/mol. The second kappa shape index (κ2) is 7.61. The lowest BCUT2D eigenvalue weighted by Gasteiger charge is -2.08. The first kappa shape index (κ1) is 16.0. The van der Waals surface area contributed by atoms with E-state index in [9.17, 15) is 4.79 Å². The van der Waals surface area contributed by atoms with Crippen molar-refractivity contribution in [2.24, 2.45) is 5.10 Å². The number of carbonyl (C=O) groups is 1. The molecule has 0 aliphatic rings. The highest BCUT2D eigenvalue weighted by Crippen LogP contribution is 2.17. The Balaban J connectivity index is 2.18. The van der Waals surface area contributed by atoms with E-state index in [0.717, 1.165) is 11.3 Å². The number of hydrogen-bond donors (Lipinski definition) is 1. The Hall–Kier alpha value is -2.33. The zero-order valence-electron chi connectivity index (χ0n) is 12.5. The fraction of sp³-hybridized carbons (Fsp3) is 0.176. The monoisotopic (exact) mass is 316 g/mol. The molecule has 0 spiro atoms. The van der Waals surface area contributed by atoms with Crippen LogP contribution < -0.4 is 10.2 Å². The van der Waals surface area contributed by atoms with Gasteiger partial charge in [-0.05, 0) is 36.2 Å². The summed E-state index contributed by atoms with van der Waals surface area (Å²) in [4.78, 5) is 12.2. The quantitative estimate of drug-likeness (QED) is 0.672. The number of ether oxygens (including phenoxy) is 1. The molecule has 4 nitrogen and oxygen atoms in total. The van der Waals surface area contributed by atoms with Crippen molar-refractivity contribution in [3.63, 3.8) is 0 Å². The molecular formula is C17H17ClN2O2. The van der Waals surface area contributed by atoms with E-state index in [0.29, 0.717) is 22.8 Å². The van der Waals surface area contributed by atoms with Crippen molar-refractivity contribution in [3.05, 3.63) is 64.7 Å². The summed E-state index contributed by atoms with van der Waals surface area (Å²) in [6.07, 6.45) is 0.688. The fourth-order valence-corrected chi connectivity index (χ4v) is 2.13. The van der Waals surface area contributed by atoms with Crippen LogP contribution in [-0.4, -0.2) is 18.7 Å². The van der Waals surface area contributed by atoms with Crippen LogP contribution >= 0.6 is 11.6 Å². The molecule has 0 fully saturated rings. The first-order valence-corrected chi connectivity index (χ1v) is 7.29. The number of rotatable bonds is 5. The Morgan fingerprint density at radius 1 is 1.18 bits per heavy atom. The zero-order chi connectivity index (χ0) is 15.9. The summed E-state index contributed by atoms with van der Waals surface area (Å²) >= 11 is 5.88. The van der Waals surface area contributed by atoms with Crippen LogP contribution in [-0.2, 0) is 0 Å². The van der Waals surface area contributed by atoms with Gasteiger partial charge in [-0.25, -0.2) is 5.43 Å². The van der Waals surface area contributed by atoms with Crippen molar-refractivity contribution in [1.82, 2.24) is 5.43 Å². The standard InChI is InChI=1S/C17H17ClN2O2/c1-3-15(12-8-10-13(18)11-9-12)19-20-17(21)14-6-4-5-7-16(14)22-2/h4-11H,3H2,1-2H3,(H,20,21)/b19-15+. The lowest BCUT2D eigenvalue weighted by atomic mass is 10.1. The highest BCUT2D eigenvalue weighted by Gasteiger charge is 2.11. The van der Waals surface area contributed by atoms with E-state index in [-0.39, 0.29) is 5.91 Å². The third-order valence-electron chi connectivity index (χ3n) is 3.16. The van der Waals surface area contributed by atoms with E-state index >= 15 is 0 Å². The Bertz CT molecular complexity index is 681. The maximum Gasteiger partial charge on any atom is 0.275 e. The van der Waals surface area contributed by atoms with E-state index in [1.807, 2.05) is 25.1 Å². The topological polar surface area (TPSA) is 50.7 Å². The van der Waals surface area contributed by atoms with Gasteiger partial charge in [-0.2, -0.15) is 5.10 Å². The Morgan fingerprint density at radius 2 is 1.86 bits per heavy atom. The lowest BCUT2D eigenvalue weighted by molar-refractivity contribution is 0.0952. The number of halogens is 1. The number of methoxy groups -OCH3 is 1. The third-order valence-corrected chi connectivity index (χ3v) is 3.41. The molecule has 0 aliphatic carbocycles. The summed E-state index contributed by atoms with van der Waals surface area (Å²) in [6.45, 7) is 1.97. The zero-order valence-corrected chi connectivity index (χ0v) is 13.2. The Labute approximate surface area is 134 Å². The summed E-state index contributed by atoms with van der Waals surface area (Å²) in [5.41, 5.74) is 4.72. The summed E-state index contributed by atoms with van der Waals surface area (Å²) < 4.78 is 5.17. The van der Waals surface area contributed by atoms with Gasteiger partial charge < -0.3 is 4.74 Å². The first-order valence-electron chi connectivity index (χ1n) is 6.91. The van der Waals surface area contributed by atoms with Gasteiger partial charge in [0.05, 0.1) is 18.4 Å². The SMILES string of the molecule is CC/C(=N\NC(=O)c1ccccc1OC)c1ccc(Cl)cc1.